The van der Waals surface area contributed by atoms with Gasteiger partial charge in [-0.15, -0.1) is 4.72 Å². The molecule has 0 aromatic heterocycles. The van der Waals surface area contributed by atoms with Gasteiger partial charge in [0, 0.05) is 16.4 Å². The van der Waals surface area contributed by atoms with Gasteiger partial charge in [-0.2, -0.15) is 0 Å². The molecule has 7 heteroatoms. The second kappa shape index (κ2) is 6.99. The van der Waals surface area contributed by atoms with Crippen molar-refractivity contribution < 1.29 is 18.8 Å². The maximum atomic E-state index is 12.4. The van der Waals surface area contributed by atoms with Gasteiger partial charge in [0.15, 0.2) is 0 Å². The number of carbonyl (C=O) groups excluding carboxylic acids is 1. The molecule has 1 aromatic carbocycles. The Kier molecular flexibility index (Phi) is 5.63. The molecule has 0 aliphatic carbocycles. The standard InChI is InChI=1S/C16H22ClNO4S/c1-5-22-14(19)11-6-7-12(13(17)8-11)16(9-21-10-16)18-23(20)15(2,3)4/h6-8,18H,5,9-10H2,1-4H3. The molecule has 128 valence electrons. The number of rotatable bonds is 5. The number of ether oxygens (including phenoxy) is 2. The number of hydrogen-bond donors (Lipinski definition) is 1. The van der Waals surface area contributed by atoms with Gasteiger partial charge in [0.2, 0.25) is 0 Å². The van der Waals surface area contributed by atoms with Crippen molar-refractivity contribution in [3.63, 3.8) is 0 Å². The third-order valence-corrected chi connectivity index (χ3v) is 5.54. The molecule has 0 radical (unpaired) electrons. The highest BCUT2D eigenvalue weighted by Gasteiger charge is 2.47. The summed E-state index contributed by atoms with van der Waals surface area (Å²) in [6.07, 6.45) is 0. The molecule has 0 bridgehead atoms. The third-order valence-electron chi connectivity index (χ3n) is 3.54. The van der Waals surface area contributed by atoms with Crippen molar-refractivity contribution >= 4 is 28.9 Å². The summed E-state index contributed by atoms with van der Waals surface area (Å²) in [6.45, 7) is 8.52. The van der Waals surface area contributed by atoms with Crippen LogP contribution in [-0.4, -0.2) is 35.1 Å². The maximum Gasteiger partial charge on any atom is 0.338 e. The lowest BCUT2D eigenvalue weighted by molar-refractivity contribution is -0.0666. The Hall–Kier alpha value is -0.790. The van der Waals surface area contributed by atoms with E-state index in [2.05, 4.69) is 4.72 Å². The molecule has 1 saturated heterocycles. The molecule has 23 heavy (non-hydrogen) atoms. The number of nitrogens with one attached hydrogen (secondary N) is 1. The highest BCUT2D eigenvalue weighted by molar-refractivity contribution is 7.90. The van der Waals surface area contributed by atoms with Crippen molar-refractivity contribution in [1.29, 1.82) is 0 Å². The first-order valence-corrected chi connectivity index (χ1v) is 8.97. The summed E-state index contributed by atoms with van der Waals surface area (Å²) in [4.78, 5) is 11.8. The molecule has 0 spiro atoms. The van der Waals surface area contributed by atoms with Crippen LogP contribution < -0.4 is 4.72 Å². The van der Waals surface area contributed by atoms with Gasteiger partial charge >= 0.3 is 5.97 Å². The van der Waals surface area contributed by atoms with Crippen LogP contribution >= 0.6 is 11.6 Å². The minimum Gasteiger partial charge on any atom is -0.598 e. The molecule has 1 heterocycles. The normalized spacial score (nSPS) is 18.2. The zero-order chi connectivity index (χ0) is 17.3. The Morgan fingerprint density at radius 1 is 1.48 bits per heavy atom. The lowest BCUT2D eigenvalue weighted by Gasteiger charge is -2.43. The Morgan fingerprint density at radius 3 is 2.57 bits per heavy atom. The van der Waals surface area contributed by atoms with E-state index in [1.165, 1.54) is 0 Å². The van der Waals surface area contributed by atoms with E-state index in [1.807, 2.05) is 20.8 Å². The lowest BCUT2D eigenvalue weighted by Crippen LogP contribution is -2.61. The third kappa shape index (κ3) is 4.00. The van der Waals surface area contributed by atoms with Crippen LogP contribution in [-0.2, 0) is 26.4 Å². The van der Waals surface area contributed by atoms with Crippen LogP contribution in [0.1, 0.15) is 43.6 Å². The number of hydrogen-bond acceptors (Lipinski definition) is 5. The minimum absolute atomic E-state index is 0.308. The summed E-state index contributed by atoms with van der Waals surface area (Å²) in [5, 5.41) is 0.428. The van der Waals surface area contributed by atoms with Gasteiger partial charge in [-0.1, -0.05) is 17.7 Å². The summed E-state index contributed by atoms with van der Waals surface area (Å²) in [5.41, 5.74) is 0.576. The fourth-order valence-corrected chi connectivity index (χ4v) is 3.40. The van der Waals surface area contributed by atoms with Gasteiger partial charge in [0.05, 0.1) is 25.4 Å². The number of carbonyl (C=O) groups is 1. The van der Waals surface area contributed by atoms with E-state index >= 15 is 0 Å². The second-order valence-corrected chi connectivity index (χ2v) is 8.85. The van der Waals surface area contributed by atoms with Crippen LogP contribution in [0.2, 0.25) is 5.02 Å². The average molecular weight is 360 g/mol. The van der Waals surface area contributed by atoms with E-state index in [0.717, 1.165) is 5.56 Å². The molecule has 5 nitrogen and oxygen atoms in total. The average Bonchev–Trinajstić information content (AvgIpc) is 2.42. The van der Waals surface area contributed by atoms with Crippen LogP contribution in [0.5, 0.6) is 0 Å². The molecule has 1 fully saturated rings. The molecular formula is C16H22ClNO4S. The Morgan fingerprint density at radius 2 is 2.13 bits per heavy atom. The highest BCUT2D eigenvalue weighted by Crippen LogP contribution is 2.37. The van der Waals surface area contributed by atoms with Crippen molar-refractivity contribution in [3.8, 4) is 0 Å². The molecule has 1 N–H and O–H groups in total. The maximum absolute atomic E-state index is 12.4. The van der Waals surface area contributed by atoms with Crippen molar-refractivity contribution in [2.75, 3.05) is 19.8 Å². The molecule has 2 rings (SSSR count). The Balaban J connectivity index is 2.26. The van der Waals surface area contributed by atoms with Crippen molar-refractivity contribution in [1.82, 2.24) is 4.72 Å². The summed E-state index contributed by atoms with van der Waals surface area (Å²) in [7, 11) is 0. The molecule has 1 unspecified atom stereocenters. The van der Waals surface area contributed by atoms with Gasteiger partial charge in [-0.05, 0) is 45.4 Å². The fraction of sp³-hybridized carbons (Fsp3) is 0.562. The van der Waals surface area contributed by atoms with Gasteiger partial charge in [-0.25, -0.2) is 4.79 Å². The van der Waals surface area contributed by atoms with Crippen LogP contribution in [0, 0.1) is 0 Å². The highest BCUT2D eigenvalue weighted by atomic mass is 35.5. The van der Waals surface area contributed by atoms with E-state index in [4.69, 9.17) is 21.1 Å². The summed E-state index contributed by atoms with van der Waals surface area (Å²) >= 11 is 5.10. The molecule has 0 amide bonds. The van der Waals surface area contributed by atoms with E-state index in [-0.39, 0.29) is 0 Å². The second-order valence-electron chi connectivity index (χ2n) is 6.47. The predicted molar refractivity (Wildman–Crippen MR) is 90.9 cm³/mol. The zero-order valence-corrected chi connectivity index (χ0v) is 15.3. The molecule has 1 aliphatic heterocycles. The van der Waals surface area contributed by atoms with Gasteiger partial charge in [-0.3, -0.25) is 0 Å². The number of benzene rings is 1. The van der Waals surface area contributed by atoms with Crippen LogP contribution in [0.4, 0.5) is 0 Å². The Bertz CT molecular complexity index is 584. The lowest BCUT2D eigenvalue weighted by atomic mass is 9.88. The molecule has 0 saturated carbocycles. The van der Waals surface area contributed by atoms with E-state index in [9.17, 15) is 9.35 Å². The first-order chi connectivity index (χ1) is 10.7. The van der Waals surface area contributed by atoms with Crippen molar-refractivity contribution in [2.24, 2.45) is 0 Å². The van der Waals surface area contributed by atoms with E-state index < -0.39 is 27.6 Å². The zero-order valence-electron chi connectivity index (χ0n) is 13.8. The van der Waals surface area contributed by atoms with Gasteiger partial charge in [0.1, 0.15) is 10.3 Å². The molecule has 1 aromatic rings. The van der Waals surface area contributed by atoms with Gasteiger partial charge < -0.3 is 14.0 Å². The largest absolute Gasteiger partial charge is 0.598 e. The molecular weight excluding hydrogens is 338 g/mol. The Labute approximate surface area is 145 Å². The summed E-state index contributed by atoms with van der Waals surface area (Å²) < 4.78 is 25.5. The van der Waals surface area contributed by atoms with Crippen LogP contribution in [0.15, 0.2) is 18.2 Å². The summed E-state index contributed by atoms with van der Waals surface area (Å²) in [5.74, 6) is -0.411. The molecule has 1 aliphatic rings. The van der Waals surface area contributed by atoms with Crippen LogP contribution in [0.3, 0.4) is 0 Å². The van der Waals surface area contributed by atoms with E-state index in [0.29, 0.717) is 30.4 Å². The smallest absolute Gasteiger partial charge is 0.338 e. The quantitative estimate of drug-likeness (QED) is 0.646. The first kappa shape index (κ1) is 18.5. The topological polar surface area (TPSA) is 70.6 Å². The fourth-order valence-electron chi connectivity index (χ4n) is 2.15. The SMILES string of the molecule is CCOC(=O)c1ccc(C2(N[S+]([O-])C(C)(C)C)COC2)c(Cl)c1. The van der Waals surface area contributed by atoms with Crippen molar-refractivity contribution in [2.45, 2.75) is 38.0 Å². The van der Waals surface area contributed by atoms with Gasteiger partial charge in [0.25, 0.3) is 0 Å². The predicted octanol–water partition coefficient (Wildman–Crippen LogP) is 2.79. The number of esters is 1. The summed E-state index contributed by atoms with van der Waals surface area (Å²) in [6, 6.07) is 5.02. The number of halogens is 1. The van der Waals surface area contributed by atoms with Crippen molar-refractivity contribution in [3.05, 3.63) is 34.3 Å². The van der Waals surface area contributed by atoms with Crippen LogP contribution in [0.25, 0.3) is 0 Å². The molecule has 1 atom stereocenters. The first-order valence-electron chi connectivity index (χ1n) is 7.44. The minimum atomic E-state index is -1.26. The monoisotopic (exact) mass is 359 g/mol. The van der Waals surface area contributed by atoms with E-state index in [1.54, 1.807) is 25.1 Å².